The van der Waals surface area contributed by atoms with Crippen molar-refractivity contribution in [2.45, 2.75) is 12.5 Å². The van der Waals surface area contributed by atoms with Crippen molar-refractivity contribution in [3.8, 4) is 0 Å². The topological polar surface area (TPSA) is 76.2 Å². The number of aromatic nitrogens is 1. The third-order valence-corrected chi connectivity index (χ3v) is 2.18. The molecule has 2 rings (SSSR count). The van der Waals surface area contributed by atoms with E-state index < -0.39 is 12.0 Å². The lowest BCUT2D eigenvalue weighted by Gasteiger charge is -2.04. The van der Waals surface area contributed by atoms with Crippen LogP contribution in [0.3, 0.4) is 0 Å². The highest BCUT2D eigenvalue weighted by Gasteiger charge is 2.10. The fourth-order valence-electron chi connectivity index (χ4n) is 1.27. The minimum absolute atomic E-state index is 0.385. The Morgan fingerprint density at radius 1 is 1.11 bits per heavy atom. The lowest BCUT2D eigenvalue weighted by atomic mass is 10.1. The standard InChI is InChI=1S/C9H11NO2.C5H5N/c10-8(9(11)12)6-7-4-2-1-3-5-7;1-2-4-6-5-3-1/h1-5,8H,6,10H2,(H,11,12);1-5H. The Labute approximate surface area is 106 Å². The van der Waals surface area contributed by atoms with Crippen LogP contribution in [0.25, 0.3) is 0 Å². The van der Waals surface area contributed by atoms with E-state index in [1.807, 2.05) is 48.5 Å². The molecule has 1 aromatic carbocycles. The van der Waals surface area contributed by atoms with E-state index in [4.69, 9.17) is 10.8 Å². The first-order valence-corrected chi connectivity index (χ1v) is 5.57. The van der Waals surface area contributed by atoms with Gasteiger partial charge in [0.2, 0.25) is 0 Å². The molecule has 0 saturated heterocycles. The van der Waals surface area contributed by atoms with Gasteiger partial charge < -0.3 is 10.8 Å². The number of nitrogens with zero attached hydrogens (tertiary/aromatic N) is 1. The molecule has 94 valence electrons. The average Bonchev–Trinajstić information content (AvgIpc) is 2.42. The number of carboxylic acid groups (broad SMARTS) is 1. The highest BCUT2D eigenvalue weighted by atomic mass is 16.4. The predicted molar refractivity (Wildman–Crippen MR) is 70.0 cm³/mol. The van der Waals surface area contributed by atoms with Gasteiger partial charge in [0.1, 0.15) is 6.04 Å². The highest BCUT2D eigenvalue weighted by Crippen LogP contribution is 2.01. The highest BCUT2D eigenvalue weighted by molar-refractivity contribution is 5.73. The number of rotatable bonds is 3. The average molecular weight is 244 g/mol. The van der Waals surface area contributed by atoms with E-state index in [9.17, 15) is 4.79 Å². The molecule has 2 aromatic rings. The molecule has 1 aromatic heterocycles. The molecule has 0 aliphatic heterocycles. The van der Waals surface area contributed by atoms with Crippen LogP contribution in [-0.4, -0.2) is 22.1 Å². The predicted octanol–water partition coefficient (Wildman–Crippen LogP) is 1.72. The molecule has 3 N–H and O–H groups in total. The number of aliphatic carboxylic acids is 1. The van der Waals surface area contributed by atoms with Crippen LogP contribution < -0.4 is 5.73 Å². The number of hydrogen-bond acceptors (Lipinski definition) is 3. The summed E-state index contributed by atoms with van der Waals surface area (Å²) in [7, 11) is 0. The fourth-order valence-corrected chi connectivity index (χ4v) is 1.27. The smallest absolute Gasteiger partial charge is 0.320 e. The lowest BCUT2D eigenvalue weighted by molar-refractivity contribution is -0.138. The number of carboxylic acids is 1. The largest absolute Gasteiger partial charge is 0.480 e. The van der Waals surface area contributed by atoms with Crippen LogP contribution in [0.5, 0.6) is 0 Å². The Hall–Kier alpha value is -2.20. The van der Waals surface area contributed by atoms with Gasteiger partial charge in [0.05, 0.1) is 0 Å². The van der Waals surface area contributed by atoms with Crippen molar-refractivity contribution in [3.05, 3.63) is 66.5 Å². The molecule has 0 aliphatic rings. The number of carbonyl (C=O) groups is 1. The molecule has 0 bridgehead atoms. The quantitative estimate of drug-likeness (QED) is 0.862. The summed E-state index contributed by atoms with van der Waals surface area (Å²) in [5.74, 6) is -0.959. The molecule has 0 radical (unpaired) electrons. The summed E-state index contributed by atoms with van der Waals surface area (Å²) in [6, 6.07) is 14.3. The third kappa shape index (κ3) is 5.77. The van der Waals surface area contributed by atoms with Crippen molar-refractivity contribution >= 4 is 5.97 Å². The van der Waals surface area contributed by atoms with E-state index in [0.29, 0.717) is 6.42 Å². The maximum absolute atomic E-state index is 10.4. The van der Waals surface area contributed by atoms with Gasteiger partial charge in [0, 0.05) is 12.4 Å². The van der Waals surface area contributed by atoms with Gasteiger partial charge in [-0.15, -0.1) is 0 Å². The van der Waals surface area contributed by atoms with Crippen LogP contribution in [0, 0.1) is 0 Å². The summed E-state index contributed by atoms with van der Waals surface area (Å²) in [4.78, 5) is 14.2. The molecular formula is C14H16N2O2. The molecule has 4 heteroatoms. The maximum Gasteiger partial charge on any atom is 0.320 e. The van der Waals surface area contributed by atoms with Crippen molar-refractivity contribution < 1.29 is 9.90 Å². The van der Waals surface area contributed by atoms with Gasteiger partial charge in [0.25, 0.3) is 0 Å². The fraction of sp³-hybridized carbons (Fsp3) is 0.143. The van der Waals surface area contributed by atoms with Crippen LogP contribution in [-0.2, 0) is 11.2 Å². The van der Waals surface area contributed by atoms with E-state index in [1.165, 1.54) is 0 Å². The SMILES string of the molecule is NC(Cc1ccccc1)C(=O)O.c1ccncc1. The second-order valence-corrected chi connectivity index (χ2v) is 3.66. The van der Waals surface area contributed by atoms with Crippen molar-refractivity contribution in [2.75, 3.05) is 0 Å². The molecule has 0 aliphatic carbocycles. The lowest BCUT2D eigenvalue weighted by Crippen LogP contribution is -2.32. The Balaban J connectivity index is 0.000000225. The van der Waals surface area contributed by atoms with Crippen molar-refractivity contribution in [1.82, 2.24) is 4.98 Å². The summed E-state index contributed by atoms with van der Waals surface area (Å²) in [5.41, 5.74) is 6.30. The van der Waals surface area contributed by atoms with Crippen LogP contribution in [0.1, 0.15) is 5.56 Å². The third-order valence-electron chi connectivity index (χ3n) is 2.18. The Kier molecular flexibility index (Phi) is 6.14. The van der Waals surface area contributed by atoms with E-state index in [-0.39, 0.29) is 0 Å². The molecule has 0 fully saturated rings. The van der Waals surface area contributed by atoms with Gasteiger partial charge in [-0.2, -0.15) is 0 Å². The first-order chi connectivity index (χ1) is 8.70. The van der Waals surface area contributed by atoms with Gasteiger partial charge in [-0.1, -0.05) is 36.4 Å². The first kappa shape index (κ1) is 13.9. The van der Waals surface area contributed by atoms with E-state index >= 15 is 0 Å². The molecule has 0 amide bonds. The van der Waals surface area contributed by atoms with Gasteiger partial charge >= 0.3 is 5.97 Å². The van der Waals surface area contributed by atoms with E-state index in [0.717, 1.165) is 5.56 Å². The van der Waals surface area contributed by atoms with Crippen molar-refractivity contribution in [3.63, 3.8) is 0 Å². The summed E-state index contributed by atoms with van der Waals surface area (Å²) in [5, 5.41) is 8.52. The molecule has 0 saturated carbocycles. The summed E-state index contributed by atoms with van der Waals surface area (Å²) >= 11 is 0. The molecule has 18 heavy (non-hydrogen) atoms. The van der Waals surface area contributed by atoms with Crippen molar-refractivity contribution in [1.29, 1.82) is 0 Å². The minimum Gasteiger partial charge on any atom is -0.480 e. The molecule has 1 heterocycles. The van der Waals surface area contributed by atoms with Gasteiger partial charge in [-0.05, 0) is 24.1 Å². The Morgan fingerprint density at radius 3 is 2.06 bits per heavy atom. The van der Waals surface area contributed by atoms with E-state index in [2.05, 4.69) is 4.98 Å². The molecular weight excluding hydrogens is 228 g/mol. The maximum atomic E-state index is 10.4. The normalized spacial score (nSPS) is 10.9. The van der Waals surface area contributed by atoms with Gasteiger partial charge in [-0.25, -0.2) is 0 Å². The minimum atomic E-state index is -0.959. The van der Waals surface area contributed by atoms with Crippen LogP contribution >= 0.6 is 0 Å². The number of hydrogen-bond donors (Lipinski definition) is 2. The zero-order valence-corrected chi connectivity index (χ0v) is 9.94. The van der Waals surface area contributed by atoms with E-state index in [1.54, 1.807) is 12.4 Å². The number of pyridine rings is 1. The van der Waals surface area contributed by atoms with Crippen molar-refractivity contribution in [2.24, 2.45) is 5.73 Å². The summed E-state index contributed by atoms with van der Waals surface area (Å²) in [6.45, 7) is 0. The summed E-state index contributed by atoms with van der Waals surface area (Å²) < 4.78 is 0. The number of nitrogens with two attached hydrogens (primary N) is 1. The van der Waals surface area contributed by atoms with Gasteiger partial charge in [-0.3, -0.25) is 9.78 Å². The molecule has 1 unspecified atom stereocenters. The Bertz CT molecular complexity index is 419. The molecule has 0 spiro atoms. The van der Waals surface area contributed by atoms with Crippen LogP contribution in [0.15, 0.2) is 60.9 Å². The zero-order chi connectivity index (χ0) is 13.2. The second-order valence-electron chi connectivity index (χ2n) is 3.66. The molecule has 4 nitrogen and oxygen atoms in total. The number of benzene rings is 1. The van der Waals surface area contributed by atoms with Gasteiger partial charge in [0.15, 0.2) is 0 Å². The second kappa shape index (κ2) is 7.97. The molecule has 1 atom stereocenters. The Morgan fingerprint density at radius 2 is 1.67 bits per heavy atom. The monoisotopic (exact) mass is 244 g/mol. The first-order valence-electron chi connectivity index (χ1n) is 5.57. The summed E-state index contributed by atoms with van der Waals surface area (Å²) in [6.07, 6.45) is 3.89. The zero-order valence-electron chi connectivity index (χ0n) is 9.94. The van der Waals surface area contributed by atoms with Crippen LogP contribution in [0.4, 0.5) is 0 Å². The van der Waals surface area contributed by atoms with Crippen LogP contribution in [0.2, 0.25) is 0 Å².